The molecule has 0 amide bonds. The van der Waals surface area contributed by atoms with Gasteiger partial charge in [-0.1, -0.05) is 20.3 Å². The molecule has 15 heavy (non-hydrogen) atoms. The highest BCUT2D eigenvalue weighted by Gasteiger charge is 2.13. The lowest BCUT2D eigenvalue weighted by molar-refractivity contribution is -0.704. The second-order valence-electron chi connectivity index (χ2n) is 4.15. The highest BCUT2D eigenvalue weighted by atomic mass is 15.1. The molecule has 0 bridgehead atoms. The van der Waals surface area contributed by atoms with Gasteiger partial charge < -0.3 is 0 Å². The van der Waals surface area contributed by atoms with Crippen molar-refractivity contribution in [3.05, 3.63) is 18.2 Å². The van der Waals surface area contributed by atoms with Crippen molar-refractivity contribution < 1.29 is 4.57 Å². The summed E-state index contributed by atoms with van der Waals surface area (Å²) in [5.41, 5.74) is 0. The molecule has 0 aliphatic rings. The smallest absolute Gasteiger partial charge is 0.235 e. The molecule has 0 saturated heterocycles. The first-order chi connectivity index (χ1) is 7.33. The first-order valence-corrected chi connectivity index (χ1v) is 6.40. The predicted molar refractivity (Wildman–Crippen MR) is 63.8 cm³/mol. The molecule has 2 nitrogen and oxygen atoms in total. The number of hydrogen-bond donors (Lipinski definition) is 0. The maximum Gasteiger partial charge on any atom is 0.256 e. The van der Waals surface area contributed by atoms with E-state index in [-0.39, 0.29) is 0 Å². The van der Waals surface area contributed by atoms with Crippen LogP contribution in [0.1, 0.15) is 52.3 Å². The number of unbranched alkanes of at least 4 members (excludes halogenated alkanes) is 2. The topological polar surface area (TPSA) is 8.81 Å². The third-order valence-corrected chi connectivity index (χ3v) is 2.91. The fourth-order valence-electron chi connectivity index (χ4n) is 2.03. The van der Waals surface area contributed by atoms with E-state index in [1.165, 1.54) is 44.5 Å². The summed E-state index contributed by atoms with van der Waals surface area (Å²) >= 11 is 0. The highest BCUT2D eigenvalue weighted by molar-refractivity contribution is 4.83. The number of rotatable bonds is 7. The Bertz CT molecular complexity index is 276. The van der Waals surface area contributed by atoms with E-state index >= 15 is 0 Å². The van der Waals surface area contributed by atoms with Crippen molar-refractivity contribution in [3.8, 4) is 0 Å². The maximum absolute atomic E-state index is 2.43. The lowest BCUT2D eigenvalue weighted by atomic mass is 10.2. The van der Waals surface area contributed by atoms with Gasteiger partial charge in [0.2, 0.25) is 0 Å². The Kier molecular flexibility index (Phi) is 5.44. The zero-order valence-corrected chi connectivity index (χ0v) is 10.5. The molecule has 0 fully saturated rings. The number of aromatic nitrogens is 2. The van der Waals surface area contributed by atoms with Gasteiger partial charge >= 0.3 is 0 Å². The van der Waals surface area contributed by atoms with Crippen LogP contribution in [-0.4, -0.2) is 4.57 Å². The van der Waals surface area contributed by atoms with Crippen LogP contribution in [0.15, 0.2) is 12.4 Å². The molecule has 0 saturated carbocycles. The Balaban J connectivity index is 2.64. The lowest BCUT2D eigenvalue weighted by Gasteiger charge is -2.02. The zero-order valence-electron chi connectivity index (χ0n) is 10.5. The van der Waals surface area contributed by atoms with Crippen molar-refractivity contribution in [2.75, 3.05) is 0 Å². The van der Waals surface area contributed by atoms with Gasteiger partial charge in [0, 0.05) is 6.42 Å². The molecule has 2 heteroatoms. The molecular weight excluding hydrogens is 184 g/mol. The largest absolute Gasteiger partial charge is 0.256 e. The maximum atomic E-state index is 2.43. The Hall–Kier alpha value is -0.790. The van der Waals surface area contributed by atoms with Crippen LogP contribution in [0, 0.1) is 0 Å². The fourth-order valence-corrected chi connectivity index (χ4v) is 2.03. The summed E-state index contributed by atoms with van der Waals surface area (Å²) in [6, 6.07) is 0. The molecule has 0 N–H and O–H groups in total. The normalized spacial score (nSPS) is 10.9. The van der Waals surface area contributed by atoms with Crippen LogP contribution < -0.4 is 4.57 Å². The minimum absolute atomic E-state index is 1.09. The van der Waals surface area contributed by atoms with Crippen LogP contribution in [0.5, 0.6) is 0 Å². The van der Waals surface area contributed by atoms with E-state index in [1.807, 2.05) is 0 Å². The van der Waals surface area contributed by atoms with Gasteiger partial charge in [-0.2, -0.15) is 0 Å². The summed E-state index contributed by atoms with van der Waals surface area (Å²) < 4.78 is 4.80. The Morgan fingerprint density at radius 1 is 1.13 bits per heavy atom. The van der Waals surface area contributed by atoms with Gasteiger partial charge in [-0.3, -0.25) is 0 Å². The van der Waals surface area contributed by atoms with Crippen LogP contribution in [0.25, 0.3) is 0 Å². The second-order valence-corrected chi connectivity index (χ2v) is 4.15. The van der Waals surface area contributed by atoms with Gasteiger partial charge in [-0.05, 0) is 26.2 Å². The molecular formula is C13H25N2+. The molecule has 1 aromatic heterocycles. The monoisotopic (exact) mass is 209 g/mol. The number of imidazole rings is 1. The Morgan fingerprint density at radius 3 is 2.53 bits per heavy atom. The Labute approximate surface area is 93.9 Å². The molecule has 1 aromatic rings. The first kappa shape index (κ1) is 12.3. The van der Waals surface area contributed by atoms with Gasteiger partial charge in [0.1, 0.15) is 12.4 Å². The quantitative estimate of drug-likeness (QED) is 0.482. The van der Waals surface area contributed by atoms with Crippen molar-refractivity contribution in [2.24, 2.45) is 0 Å². The standard InChI is InChI=1S/C13H25N2/c1-4-7-8-10-15-12-11-14(6-3)13(15)9-5-2/h11-12H,4-10H2,1-3H3/q+1. The highest BCUT2D eigenvalue weighted by Crippen LogP contribution is 2.01. The van der Waals surface area contributed by atoms with Crippen molar-refractivity contribution in [1.82, 2.24) is 4.57 Å². The fraction of sp³-hybridized carbons (Fsp3) is 0.769. The van der Waals surface area contributed by atoms with Crippen LogP contribution in [-0.2, 0) is 19.5 Å². The molecule has 0 aliphatic carbocycles. The molecule has 0 aliphatic heterocycles. The van der Waals surface area contributed by atoms with E-state index < -0.39 is 0 Å². The SMILES string of the molecule is CCCCC[n+]1ccn(CC)c1CCC. The predicted octanol–water partition coefficient (Wildman–Crippen LogP) is 2.94. The van der Waals surface area contributed by atoms with Crippen LogP contribution in [0.4, 0.5) is 0 Å². The van der Waals surface area contributed by atoms with Crippen LogP contribution in [0.3, 0.4) is 0 Å². The van der Waals surface area contributed by atoms with E-state index in [2.05, 4.69) is 42.3 Å². The molecule has 1 heterocycles. The second kappa shape index (κ2) is 6.65. The summed E-state index contributed by atoms with van der Waals surface area (Å²) in [5.74, 6) is 1.50. The molecule has 0 aromatic carbocycles. The minimum atomic E-state index is 1.09. The van der Waals surface area contributed by atoms with Gasteiger partial charge in [0.05, 0.1) is 13.1 Å². The number of aryl methyl sites for hydroxylation is 2. The van der Waals surface area contributed by atoms with Crippen molar-refractivity contribution >= 4 is 0 Å². The van der Waals surface area contributed by atoms with Crippen LogP contribution >= 0.6 is 0 Å². The molecule has 0 atom stereocenters. The minimum Gasteiger partial charge on any atom is -0.235 e. The summed E-state index contributed by atoms with van der Waals surface area (Å²) in [4.78, 5) is 0. The average Bonchev–Trinajstić information content (AvgIpc) is 2.62. The molecule has 86 valence electrons. The van der Waals surface area contributed by atoms with Crippen LogP contribution in [0.2, 0.25) is 0 Å². The van der Waals surface area contributed by atoms with E-state index in [1.54, 1.807) is 0 Å². The third kappa shape index (κ3) is 3.37. The van der Waals surface area contributed by atoms with Gasteiger partial charge in [-0.15, -0.1) is 0 Å². The lowest BCUT2D eigenvalue weighted by Crippen LogP contribution is -2.37. The number of hydrogen-bond acceptors (Lipinski definition) is 0. The third-order valence-electron chi connectivity index (χ3n) is 2.91. The van der Waals surface area contributed by atoms with Crippen molar-refractivity contribution in [2.45, 2.75) is 66.0 Å². The van der Waals surface area contributed by atoms with E-state index in [9.17, 15) is 0 Å². The molecule has 0 spiro atoms. The van der Waals surface area contributed by atoms with Gasteiger partial charge in [0.25, 0.3) is 5.82 Å². The molecule has 0 radical (unpaired) electrons. The zero-order chi connectivity index (χ0) is 11.1. The first-order valence-electron chi connectivity index (χ1n) is 6.40. The Morgan fingerprint density at radius 2 is 1.93 bits per heavy atom. The molecule has 0 unspecified atom stereocenters. The summed E-state index contributed by atoms with van der Waals surface area (Å²) in [5, 5.41) is 0. The van der Waals surface area contributed by atoms with Crippen molar-refractivity contribution in [1.29, 1.82) is 0 Å². The average molecular weight is 209 g/mol. The number of nitrogens with zero attached hydrogens (tertiary/aromatic N) is 2. The van der Waals surface area contributed by atoms with Crippen molar-refractivity contribution in [3.63, 3.8) is 0 Å². The summed E-state index contributed by atoms with van der Waals surface area (Å²) in [7, 11) is 0. The van der Waals surface area contributed by atoms with Gasteiger partial charge in [-0.25, -0.2) is 9.13 Å². The van der Waals surface area contributed by atoms with E-state index in [0.717, 1.165) is 6.54 Å². The summed E-state index contributed by atoms with van der Waals surface area (Å²) in [6.45, 7) is 9.01. The molecule has 1 rings (SSSR count). The van der Waals surface area contributed by atoms with Gasteiger partial charge in [0.15, 0.2) is 0 Å². The van der Waals surface area contributed by atoms with E-state index in [0.29, 0.717) is 0 Å². The van der Waals surface area contributed by atoms with E-state index in [4.69, 9.17) is 0 Å². The summed E-state index contributed by atoms with van der Waals surface area (Å²) in [6.07, 6.45) is 10.9.